The summed E-state index contributed by atoms with van der Waals surface area (Å²) in [4.78, 5) is 29.1. The van der Waals surface area contributed by atoms with Gasteiger partial charge in [0.15, 0.2) is 23.1 Å². The van der Waals surface area contributed by atoms with Crippen LogP contribution in [0.15, 0.2) is 53.8 Å². The van der Waals surface area contributed by atoms with E-state index < -0.39 is 29.1 Å². The van der Waals surface area contributed by atoms with Crippen LogP contribution in [0.5, 0.6) is 0 Å². The van der Waals surface area contributed by atoms with E-state index in [1.54, 1.807) is 6.07 Å². The molecule has 3 heterocycles. The van der Waals surface area contributed by atoms with Crippen molar-refractivity contribution in [2.45, 2.75) is 19.4 Å². The van der Waals surface area contributed by atoms with Crippen molar-refractivity contribution in [3.63, 3.8) is 0 Å². The van der Waals surface area contributed by atoms with Crippen molar-refractivity contribution in [2.75, 3.05) is 5.32 Å². The van der Waals surface area contributed by atoms with Gasteiger partial charge in [0.1, 0.15) is 17.7 Å². The zero-order valence-corrected chi connectivity index (χ0v) is 18.4. The first-order chi connectivity index (χ1) is 16.4. The fraction of sp³-hybridized carbons (Fsp3) is 0.130. The Morgan fingerprint density at radius 3 is 2.62 bits per heavy atom. The Bertz CT molecular complexity index is 1620. The number of pyridine rings is 1. The second-order valence-electron chi connectivity index (χ2n) is 7.56. The lowest BCUT2D eigenvalue weighted by Gasteiger charge is -2.23. The third kappa shape index (κ3) is 3.56. The quantitative estimate of drug-likeness (QED) is 0.354. The van der Waals surface area contributed by atoms with E-state index in [0.29, 0.717) is 34.5 Å². The highest BCUT2D eigenvalue weighted by Gasteiger charge is 2.22. The van der Waals surface area contributed by atoms with Crippen LogP contribution in [0.2, 0.25) is 5.02 Å². The lowest BCUT2D eigenvalue weighted by molar-refractivity contribution is 0.507. The Morgan fingerprint density at radius 1 is 1.06 bits per heavy atom. The first-order valence-corrected chi connectivity index (χ1v) is 10.7. The summed E-state index contributed by atoms with van der Waals surface area (Å²) >= 11 is 6.13. The topological polar surface area (TPSA) is 88.5 Å². The van der Waals surface area contributed by atoms with Crippen molar-refractivity contribution >= 4 is 39.4 Å². The van der Waals surface area contributed by atoms with E-state index in [1.165, 1.54) is 35.4 Å². The predicted octanol–water partition coefficient (Wildman–Crippen LogP) is 5.29. The van der Waals surface area contributed by atoms with E-state index in [4.69, 9.17) is 11.6 Å². The van der Waals surface area contributed by atoms with Crippen LogP contribution in [0.4, 0.5) is 19.0 Å². The summed E-state index contributed by atoms with van der Waals surface area (Å²) in [6, 6.07) is 6.85. The number of aromatic amines is 1. The molecule has 7 nitrogen and oxygen atoms in total. The van der Waals surface area contributed by atoms with Crippen LogP contribution in [0.25, 0.3) is 27.6 Å². The van der Waals surface area contributed by atoms with Gasteiger partial charge in [-0.25, -0.2) is 28.1 Å². The molecule has 0 aliphatic carbocycles. The predicted molar refractivity (Wildman–Crippen MR) is 123 cm³/mol. The summed E-state index contributed by atoms with van der Waals surface area (Å²) in [7, 11) is 0. The highest BCUT2D eigenvalue weighted by atomic mass is 35.5. The van der Waals surface area contributed by atoms with E-state index >= 15 is 0 Å². The molecule has 0 unspecified atom stereocenters. The van der Waals surface area contributed by atoms with Crippen LogP contribution in [0.1, 0.15) is 25.1 Å². The number of halogens is 4. The number of nitrogens with one attached hydrogen (secondary N) is 2. The van der Waals surface area contributed by atoms with Crippen LogP contribution in [-0.2, 0) is 0 Å². The first kappa shape index (κ1) is 21.9. The third-order valence-corrected chi connectivity index (χ3v) is 5.93. The molecule has 0 saturated carbocycles. The Morgan fingerprint density at radius 2 is 1.85 bits per heavy atom. The van der Waals surface area contributed by atoms with Gasteiger partial charge in [-0.3, -0.25) is 9.36 Å². The largest absolute Gasteiger partial charge is 0.360 e. The Kier molecular flexibility index (Phi) is 5.45. The van der Waals surface area contributed by atoms with Crippen molar-refractivity contribution in [1.29, 1.82) is 0 Å². The number of hydrogen-bond acceptors (Lipinski definition) is 5. The highest BCUT2D eigenvalue weighted by Crippen LogP contribution is 2.31. The molecule has 34 heavy (non-hydrogen) atoms. The van der Waals surface area contributed by atoms with E-state index in [0.717, 1.165) is 12.1 Å². The number of rotatable bonds is 5. The highest BCUT2D eigenvalue weighted by molar-refractivity contribution is 6.35. The molecule has 172 valence electrons. The van der Waals surface area contributed by atoms with Crippen molar-refractivity contribution in [2.24, 2.45) is 0 Å². The molecule has 0 spiro atoms. The molecule has 11 heteroatoms. The molecule has 2 aromatic carbocycles. The summed E-state index contributed by atoms with van der Waals surface area (Å²) < 4.78 is 43.2. The van der Waals surface area contributed by atoms with Gasteiger partial charge in [-0.05, 0) is 36.1 Å². The van der Waals surface area contributed by atoms with Crippen molar-refractivity contribution < 1.29 is 13.2 Å². The fourth-order valence-corrected chi connectivity index (χ4v) is 4.18. The van der Waals surface area contributed by atoms with Gasteiger partial charge in [0.2, 0.25) is 0 Å². The van der Waals surface area contributed by atoms with E-state index in [2.05, 4.69) is 25.3 Å². The van der Waals surface area contributed by atoms with E-state index in [9.17, 15) is 18.0 Å². The maximum Gasteiger partial charge on any atom is 0.264 e. The number of H-pyrrole nitrogens is 1. The molecule has 3 aromatic heterocycles. The summed E-state index contributed by atoms with van der Waals surface area (Å²) in [6.07, 6.45) is 3.32. The monoisotopic (exact) mass is 484 g/mol. The molecule has 5 rings (SSSR count). The summed E-state index contributed by atoms with van der Waals surface area (Å²) in [5.74, 6) is -2.53. The molecule has 0 aliphatic rings. The van der Waals surface area contributed by atoms with Crippen molar-refractivity contribution in [3.8, 4) is 5.69 Å². The van der Waals surface area contributed by atoms with Gasteiger partial charge >= 0.3 is 0 Å². The van der Waals surface area contributed by atoms with Crippen LogP contribution in [0.3, 0.4) is 0 Å². The molecular weight excluding hydrogens is 469 g/mol. The minimum atomic E-state index is -1.13. The number of nitrogens with zero attached hydrogens (tertiary/aromatic N) is 4. The number of aromatic nitrogens is 5. The van der Waals surface area contributed by atoms with Crippen LogP contribution >= 0.6 is 11.6 Å². The van der Waals surface area contributed by atoms with Crippen LogP contribution < -0.4 is 10.9 Å². The molecular formula is C23H16ClF3N6O. The molecule has 0 saturated heterocycles. The lowest BCUT2D eigenvalue weighted by atomic mass is 10.0. The van der Waals surface area contributed by atoms with Crippen LogP contribution in [-0.4, -0.2) is 24.5 Å². The number of anilines is 1. The average molecular weight is 485 g/mol. The average Bonchev–Trinajstić information content (AvgIpc) is 3.31. The fourth-order valence-electron chi connectivity index (χ4n) is 3.92. The van der Waals surface area contributed by atoms with Gasteiger partial charge in [-0.1, -0.05) is 24.6 Å². The maximum atomic E-state index is 14.2. The zero-order chi connectivity index (χ0) is 24.0. The molecule has 0 aliphatic heterocycles. The second kappa shape index (κ2) is 8.45. The number of benzene rings is 2. The van der Waals surface area contributed by atoms with Gasteiger partial charge in [0, 0.05) is 11.8 Å². The minimum absolute atomic E-state index is 0.0639. The Labute approximate surface area is 195 Å². The molecule has 2 N–H and O–H groups in total. The number of fused-ring (bicyclic) bond motifs is 2. The molecule has 0 amide bonds. The smallest absolute Gasteiger partial charge is 0.264 e. The molecule has 0 fully saturated rings. The molecule has 5 aromatic rings. The Balaban J connectivity index is 1.77. The molecule has 0 bridgehead atoms. The normalized spacial score (nSPS) is 12.4. The standard InChI is InChI=1S/C23H16ClF3N6O/c1-2-16(32-22-20-21(29-9-28-20)30-10-31-22)17-7-11-3-5-14(26)19(24)18(11)23(34)33(17)12-4-6-13(25)15(27)8-12/h3-10,16H,2H2,1H3,(H2,28,29,30,31,32)/t16-/m1/s1. The Hall–Kier alpha value is -3.92. The van der Waals surface area contributed by atoms with Crippen LogP contribution in [0, 0.1) is 17.5 Å². The minimum Gasteiger partial charge on any atom is -0.360 e. The lowest BCUT2D eigenvalue weighted by Crippen LogP contribution is -2.27. The van der Waals surface area contributed by atoms with E-state index in [-0.39, 0.29) is 16.1 Å². The van der Waals surface area contributed by atoms with E-state index in [1.807, 2.05) is 6.92 Å². The zero-order valence-electron chi connectivity index (χ0n) is 17.6. The number of hydrogen-bond donors (Lipinski definition) is 2. The second-order valence-corrected chi connectivity index (χ2v) is 7.94. The van der Waals surface area contributed by atoms with Gasteiger partial charge in [-0.15, -0.1) is 0 Å². The molecule has 1 atom stereocenters. The van der Waals surface area contributed by atoms with Gasteiger partial charge in [-0.2, -0.15) is 0 Å². The number of imidazole rings is 1. The SMILES string of the molecule is CC[C@@H](Nc1ncnc2[nH]cnc12)c1cc2ccc(F)c(Cl)c2c(=O)n1-c1ccc(F)c(F)c1. The van der Waals surface area contributed by atoms with Crippen molar-refractivity contribution in [3.05, 3.63) is 87.6 Å². The summed E-state index contributed by atoms with van der Waals surface area (Å²) in [5.41, 5.74) is 0.820. The molecule has 0 radical (unpaired) electrons. The van der Waals surface area contributed by atoms with Crippen molar-refractivity contribution in [1.82, 2.24) is 24.5 Å². The summed E-state index contributed by atoms with van der Waals surface area (Å²) in [5, 5.41) is 3.25. The van der Waals surface area contributed by atoms with Gasteiger partial charge < -0.3 is 10.3 Å². The third-order valence-electron chi connectivity index (χ3n) is 5.56. The maximum absolute atomic E-state index is 14.2. The van der Waals surface area contributed by atoms with Gasteiger partial charge in [0.05, 0.1) is 28.5 Å². The first-order valence-electron chi connectivity index (χ1n) is 10.3. The summed E-state index contributed by atoms with van der Waals surface area (Å²) in [6.45, 7) is 1.88. The van der Waals surface area contributed by atoms with Gasteiger partial charge in [0.25, 0.3) is 5.56 Å².